The largest absolute Gasteiger partial charge is 0.310 e. The summed E-state index contributed by atoms with van der Waals surface area (Å²) in [5, 5.41) is 0. The lowest BCUT2D eigenvalue weighted by Crippen LogP contribution is -2.43. The zero-order valence-electron chi connectivity index (χ0n) is 13.3. The monoisotopic (exact) mass is 386 g/mol. The van der Waals surface area contributed by atoms with E-state index in [0.717, 1.165) is 28.6 Å². The molecule has 1 aliphatic heterocycles. The molecule has 0 radical (unpaired) electrons. The molecule has 3 atom stereocenters. The summed E-state index contributed by atoms with van der Waals surface area (Å²) in [5.41, 5.74) is 1.98. The van der Waals surface area contributed by atoms with Gasteiger partial charge in [-0.2, -0.15) is 0 Å². The van der Waals surface area contributed by atoms with Crippen LogP contribution >= 0.6 is 15.9 Å². The first-order valence-corrected chi connectivity index (χ1v) is 8.72. The van der Waals surface area contributed by atoms with Crippen molar-refractivity contribution in [3.05, 3.63) is 28.2 Å². The smallest absolute Gasteiger partial charge is 0.242 e. The van der Waals surface area contributed by atoms with Gasteiger partial charge in [0.25, 0.3) is 0 Å². The number of halogens is 3. The molecule has 3 nitrogen and oxygen atoms in total. The van der Waals surface area contributed by atoms with Crippen molar-refractivity contribution < 1.29 is 13.6 Å². The zero-order chi connectivity index (χ0) is 16.7. The summed E-state index contributed by atoms with van der Waals surface area (Å²) in [5.74, 6) is -1.43. The van der Waals surface area contributed by atoms with Crippen molar-refractivity contribution in [2.24, 2.45) is 11.8 Å². The van der Waals surface area contributed by atoms with Crippen molar-refractivity contribution in [3.8, 4) is 0 Å². The molecule has 0 N–H and O–H groups in total. The van der Waals surface area contributed by atoms with Gasteiger partial charge in [-0.25, -0.2) is 8.78 Å². The molecule has 1 aromatic rings. The number of amides is 1. The number of carbonyl (C=O) groups is 1. The van der Waals surface area contributed by atoms with Gasteiger partial charge in [-0.3, -0.25) is 4.79 Å². The minimum absolute atomic E-state index is 0.146. The van der Waals surface area contributed by atoms with Crippen LogP contribution in [-0.2, 0) is 11.2 Å². The van der Waals surface area contributed by atoms with Crippen molar-refractivity contribution in [1.82, 2.24) is 4.90 Å². The molecule has 1 heterocycles. The Morgan fingerprint density at radius 3 is 2.74 bits per heavy atom. The van der Waals surface area contributed by atoms with Crippen LogP contribution in [0.5, 0.6) is 0 Å². The van der Waals surface area contributed by atoms with Crippen LogP contribution in [0.2, 0.25) is 0 Å². The average molecular weight is 387 g/mol. The summed E-state index contributed by atoms with van der Waals surface area (Å²) in [6.45, 7) is 0.562. The van der Waals surface area contributed by atoms with Crippen molar-refractivity contribution >= 4 is 27.5 Å². The molecule has 1 aromatic carbocycles. The van der Waals surface area contributed by atoms with Gasteiger partial charge in [-0.05, 0) is 57.1 Å². The lowest BCUT2D eigenvalue weighted by molar-refractivity contribution is -0.120. The van der Waals surface area contributed by atoms with Crippen LogP contribution in [0.25, 0.3) is 0 Å². The molecular formula is C17H21BrF2N2O. The van der Waals surface area contributed by atoms with E-state index in [1.54, 1.807) is 4.90 Å². The number of aryl methyl sites for hydroxylation is 1. The van der Waals surface area contributed by atoms with Crippen molar-refractivity contribution in [1.29, 1.82) is 0 Å². The fourth-order valence-electron chi connectivity index (χ4n) is 3.35. The van der Waals surface area contributed by atoms with E-state index in [4.69, 9.17) is 0 Å². The van der Waals surface area contributed by atoms with Crippen LogP contribution in [-0.4, -0.2) is 43.9 Å². The van der Waals surface area contributed by atoms with Crippen LogP contribution in [0.4, 0.5) is 14.5 Å². The molecule has 23 heavy (non-hydrogen) atoms. The quantitative estimate of drug-likeness (QED) is 0.792. The summed E-state index contributed by atoms with van der Waals surface area (Å²) in [6, 6.07) is 6.10. The molecule has 2 aliphatic rings. The van der Waals surface area contributed by atoms with E-state index in [0.29, 0.717) is 13.0 Å². The standard InChI is InChI=1S/C17H21BrF2N2O/c1-21(2)12-5-3-10-7-11(18)4-6-15(10)22(9-12)17(23)14-8-13(14)16(19)20/h4,6-7,12-14,16H,3,5,8-9H2,1-2H3/t12?,13-,14-/m0/s1. The second kappa shape index (κ2) is 6.48. The molecule has 0 bridgehead atoms. The zero-order valence-corrected chi connectivity index (χ0v) is 14.9. The van der Waals surface area contributed by atoms with Crippen LogP contribution in [0.15, 0.2) is 22.7 Å². The van der Waals surface area contributed by atoms with Gasteiger partial charge < -0.3 is 9.80 Å². The number of nitrogens with zero attached hydrogens (tertiary/aromatic N) is 2. The Kier molecular flexibility index (Phi) is 4.74. The molecule has 3 rings (SSSR count). The van der Waals surface area contributed by atoms with Gasteiger partial charge in [-0.1, -0.05) is 15.9 Å². The fraction of sp³-hybridized carbons (Fsp3) is 0.588. The maximum absolute atomic E-state index is 12.8. The predicted octanol–water partition coefficient (Wildman–Crippen LogP) is 3.56. The van der Waals surface area contributed by atoms with Crippen LogP contribution in [0.1, 0.15) is 18.4 Å². The SMILES string of the molecule is CN(C)C1CCc2cc(Br)ccc2N(C(=O)[C@H]2C[C@@H]2C(F)F)C1. The molecule has 1 unspecified atom stereocenters. The highest BCUT2D eigenvalue weighted by atomic mass is 79.9. The van der Waals surface area contributed by atoms with E-state index in [-0.39, 0.29) is 11.9 Å². The van der Waals surface area contributed by atoms with E-state index >= 15 is 0 Å². The predicted molar refractivity (Wildman–Crippen MR) is 89.9 cm³/mol. The van der Waals surface area contributed by atoms with Gasteiger partial charge in [0, 0.05) is 34.6 Å². The Balaban J connectivity index is 1.90. The highest BCUT2D eigenvalue weighted by molar-refractivity contribution is 9.10. The molecule has 1 aliphatic carbocycles. The van der Waals surface area contributed by atoms with Crippen LogP contribution in [0, 0.1) is 11.8 Å². The number of likely N-dealkylation sites (N-methyl/N-ethyl adjacent to an activating group) is 1. The summed E-state index contributed by atoms with van der Waals surface area (Å²) in [7, 11) is 4.00. The first-order chi connectivity index (χ1) is 10.9. The van der Waals surface area contributed by atoms with Gasteiger partial charge in [0.05, 0.1) is 0 Å². The Bertz CT molecular complexity index is 608. The molecule has 1 saturated carbocycles. The molecule has 6 heteroatoms. The molecule has 0 aromatic heterocycles. The van der Waals surface area contributed by atoms with Crippen LogP contribution in [0.3, 0.4) is 0 Å². The summed E-state index contributed by atoms with van der Waals surface area (Å²) in [4.78, 5) is 16.7. The Morgan fingerprint density at radius 1 is 1.39 bits per heavy atom. The summed E-state index contributed by atoms with van der Waals surface area (Å²) >= 11 is 3.47. The van der Waals surface area contributed by atoms with E-state index < -0.39 is 18.3 Å². The number of hydrogen-bond acceptors (Lipinski definition) is 2. The van der Waals surface area contributed by atoms with E-state index in [1.165, 1.54) is 0 Å². The normalized spacial score (nSPS) is 27.1. The molecular weight excluding hydrogens is 366 g/mol. The number of rotatable bonds is 3. The Labute approximate surface area is 143 Å². The first kappa shape index (κ1) is 16.8. The van der Waals surface area contributed by atoms with Gasteiger partial charge >= 0.3 is 0 Å². The average Bonchev–Trinajstić information content (AvgIpc) is 3.29. The number of alkyl halides is 2. The third-order valence-electron chi connectivity index (χ3n) is 4.95. The van der Waals surface area contributed by atoms with E-state index in [1.807, 2.05) is 32.3 Å². The number of anilines is 1. The molecule has 1 fully saturated rings. The Morgan fingerprint density at radius 2 is 2.13 bits per heavy atom. The van der Waals surface area contributed by atoms with Crippen molar-refractivity contribution in [2.45, 2.75) is 31.7 Å². The number of fused-ring (bicyclic) bond motifs is 1. The summed E-state index contributed by atoms with van der Waals surface area (Å²) in [6.07, 6.45) is -0.260. The van der Waals surface area contributed by atoms with Crippen molar-refractivity contribution in [2.75, 3.05) is 25.5 Å². The van der Waals surface area contributed by atoms with Gasteiger partial charge in [0.1, 0.15) is 0 Å². The maximum Gasteiger partial charge on any atom is 0.242 e. The molecule has 0 spiro atoms. The minimum atomic E-state index is -2.40. The second-order valence-corrected chi connectivity index (χ2v) is 7.63. The van der Waals surface area contributed by atoms with Crippen LogP contribution < -0.4 is 4.90 Å². The fourth-order valence-corrected chi connectivity index (χ4v) is 3.76. The van der Waals surface area contributed by atoms with E-state index in [9.17, 15) is 13.6 Å². The van der Waals surface area contributed by atoms with E-state index in [2.05, 4.69) is 20.8 Å². The van der Waals surface area contributed by atoms with Crippen molar-refractivity contribution in [3.63, 3.8) is 0 Å². The summed E-state index contributed by atoms with van der Waals surface area (Å²) < 4.78 is 26.7. The minimum Gasteiger partial charge on any atom is -0.310 e. The Hall–Kier alpha value is -1.01. The highest BCUT2D eigenvalue weighted by Crippen LogP contribution is 2.45. The topological polar surface area (TPSA) is 23.6 Å². The third-order valence-corrected chi connectivity index (χ3v) is 5.44. The number of carbonyl (C=O) groups excluding carboxylic acids is 1. The second-order valence-electron chi connectivity index (χ2n) is 6.72. The van der Waals surface area contributed by atoms with Gasteiger partial charge in [0.15, 0.2) is 0 Å². The number of hydrogen-bond donors (Lipinski definition) is 0. The molecule has 0 saturated heterocycles. The molecule has 126 valence electrons. The lowest BCUT2D eigenvalue weighted by Gasteiger charge is -2.29. The van der Waals surface area contributed by atoms with Gasteiger partial charge in [0.2, 0.25) is 12.3 Å². The molecule has 1 amide bonds. The van der Waals surface area contributed by atoms with Gasteiger partial charge in [-0.15, -0.1) is 0 Å². The third kappa shape index (κ3) is 3.43. The highest BCUT2D eigenvalue weighted by Gasteiger charge is 2.51. The maximum atomic E-state index is 12.8. The lowest BCUT2D eigenvalue weighted by atomic mass is 10.1. The number of benzene rings is 1. The first-order valence-electron chi connectivity index (χ1n) is 7.93.